The molecule has 0 amide bonds. The van der Waals surface area contributed by atoms with E-state index in [9.17, 15) is 0 Å². The van der Waals surface area contributed by atoms with Crippen molar-refractivity contribution >= 4 is 0 Å². The number of rotatable bonds is 6. The second kappa shape index (κ2) is 7.66. The summed E-state index contributed by atoms with van der Waals surface area (Å²) in [5.41, 5.74) is 2.38. The van der Waals surface area contributed by atoms with Crippen LogP contribution < -0.4 is 4.74 Å². The number of hydrogen-bond acceptors (Lipinski definition) is 5. The zero-order valence-electron chi connectivity index (χ0n) is 14.9. The summed E-state index contributed by atoms with van der Waals surface area (Å²) in [5.74, 6) is 1.57. The maximum Gasteiger partial charge on any atom is 0.137 e. The van der Waals surface area contributed by atoms with Crippen molar-refractivity contribution in [2.45, 2.75) is 12.5 Å². The molecule has 6 heteroatoms. The number of likely N-dealkylation sites (tertiary alicyclic amines) is 1. The van der Waals surface area contributed by atoms with Gasteiger partial charge in [0.25, 0.3) is 0 Å². The first kappa shape index (κ1) is 16.7. The van der Waals surface area contributed by atoms with E-state index in [2.05, 4.69) is 38.3 Å². The molecule has 0 spiro atoms. The Balaban J connectivity index is 1.47. The summed E-state index contributed by atoms with van der Waals surface area (Å²) in [6, 6.07) is 9.99. The summed E-state index contributed by atoms with van der Waals surface area (Å²) in [5, 5.41) is 4.28. The highest BCUT2D eigenvalue weighted by molar-refractivity contribution is 5.17. The highest BCUT2D eigenvalue weighted by Gasteiger charge is 2.35. The summed E-state index contributed by atoms with van der Waals surface area (Å²) in [6.45, 7) is 3.53. The fourth-order valence-electron chi connectivity index (χ4n) is 3.64. The lowest BCUT2D eigenvalue weighted by Gasteiger charge is -2.18. The van der Waals surface area contributed by atoms with Gasteiger partial charge in [0.2, 0.25) is 0 Å². The molecule has 2 atom stereocenters. The Morgan fingerprint density at radius 3 is 2.81 bits per heavy atom. The fraction of sp³-hybridized carbons (Fsp3) is 0.350. The van der Waals surface area contributed by atoms with E-state index < -0.39 is 0 Å². The molecule has 0 aliphatic carbocycles. The van der Waals surface area contributed by atoms with E-state index >= 15 is 0 Å². The molecule has 4 heterocycles. The maximum atomic E-state index is 6.01. The van der Waals surface area contributed by atoms with Gasteiger partial charge in [-0.05, 0) is 24.3 Å². The summed E-state index contributed by atoms with van der Waals surface area (Å²) in [4.78, 5) is 11.2. The molecule has 0 unspecified atom stereocenters. The topological polar surface area (TPSA) is 56.1 Å². The molecule has 0 saturated carbocycles. The quantitative estimate of drug-likeness (QED) is 0.684. The van der Waals surface area contributed by atoms with Gasteiger partial charge in [0.1, 0.15) is 5.75 Å². The van der Waals surface area contributed by atoms with Gasteiger partial charge >= 0.3 is 0 Å². The van der Waals surface area contributed by atoms with Crippen molar-refractivity contribution in [1.29, 1.82) is 0 Å². The van der Waals surface area contributed by atoms with Crippen LogP contribution in [0.15, 0.2) is 61.3 Å². The number of hydrogen-bond donors (Lipinski definition) is 0. The SMILES string of the molecule is Cn1cc(CN2C[C@@H](COc3cccnc3)[C@H](c3ccccn3)C2)cn1. The largest absolute Gasteiger partial charge is 0.492 e. The molecule has 1 saturated heterocycles. The number of nitrogens with zero attached hydrogens (tertiary/aromatic N) is 5. The molecular weight excluding hydrogens is 326 g/mol. The van der Waals surface area contributed by atoms with Crippen molar-refractivity contribution in [2.24, 2.45) is 13.0 Å². The van der Waals surface area contributed by atoms with Gasteiger partial charge in [-0.2, -0.15) is 5.10 Å². The Kier molecular flexibility index (Phi) is 4.93. The lowest BCUT2D eigenvalue weighted by atomic mass is 9.93. The Hall–Kier alpha value is -2.73. The summed E-state index contributed by atoms with van der Waals surface area (Å²) >= 11 is 0. The second-order valence-electron chi connectivity index (χ2n) is 6.84. The summed E-state index contributed by atoms with van der Waals surface area (Å²) in [7, 11) is 1.95. The first-order valence-corrected chi connectivity index (χ1v) is 8.91. The average molecular weight is 349 g/mol. The molecule has 0 aromatic carbocycles. The summed E-state index contributed by atoms with van der Waals surface area (Å²) in [6.07, 6.45) is 9.41. The molecule has 3 aromatic heterocycles. The smallest absolute Gasteiger partial charge is 0.137 e. The van der Waals surface area contributed by atoms with Gasteiger partial charge < -0.3 is 4.74 Å². The lowest BCUT2D eigenvalue weighted by molar-refractivity contribution is 0.232. The molecule has 6 nitrogen and oxygen atoms in total. The van der Waals surface area contributed by atoms with Crippen molar-refractivity contribution in [3.05, 3.63) is 72.6 Å². The molecular formula is C20H23N5O. The molecule has 0 radical (unpaired) electrons. The number of aryl methyl sites for hydroxylation is 1. The van der Waals surface area contributed by atoms with Gasteiger partial charge in [-0.1, -0.05) is 6.07 Å². The van der Waals surface area contributed by atoms with E-state index in [1.807, 2.05) is 42.3 Å². The highest BCUT2D eigenvalue weighted by Crippen LogP contribution is 2.33. The molecule has 1 aliphatic heterocycles. The monoisotopic (exact) mass is 349 g/mol. The van der Waals surface area contributed by atoms with E-state index in [1.54, 1.807) is 12.4 Å². The number of pyridine rings is 2. The van der Waals surface area contributed by atoms with Crippen LogP contribution in [0.5, 0.6) is 5.75 Å². The van der Waals surface area contributed by atoms with Crippen molar-refractivity contribution in [1.82, 2.24) is 24.6 Å². The van der Waals surface area contributed by atoms with Crippen LogP contribution >= 0.6 is 0 Å². The number of ether oxygens (including phenoxy) is 1. The molecule has 0 bridgehead atoms. The Morgan fingerprint density at radius 1 is 1.12 bits per heavy atom. The highest BCUT2D eigenvalue weighted by atomic mass is 16.5. The van der Waals surface area contributed by atoms with Gasteiger partial charge in [-0.3, -0.25) is 19.5 Å². The van der Waals surface area contributed by atoms with E-state index in [-0.39, 0.29) is 0 Å². The van der Waals surface area contributed by atoms with Gasteiger partial charge in [0.15, 0.2) is 0 Å². The Labute approximate surface area is 153 Å². The van der Waals surface area contributed by atoms with E-state index in [4.69, 9.17) is 4.74 Å². The molecule has 3 aromatic rings. The zero-order chi connectivity index (χ0) is 17.8. The molecule has 4 rings (SSSR count). The van der Waals surface area contributed by atoms with E-state index in [1.165, 1.54) is 5.56 Å². The van der Waals surface area contributed by atoms with Crippen LogP contribution in [-0.4, -0.2) is 44.3 Å². The Bertz CT molecular complexity index is 820. The van der Waals surface area contributed by atoms with E-state index in [0.29, 0.717) is 18.4 Å². The van der Waals surface area contributed by atoms with Crippen molar-refractivity contribution < 1.29 is 4.74 Å². The minimum Gasteiger partial charge on any atom is -0.492 e. The number of aromatic nitrogens is 4. The maximum absolute atomic E-state index is 6.01. The van der Waals surface area contributed by atoms with E-state index in [0.717, 1.165) is 31.1 Å². The van der Waals surface area contributed by atoms with Gasteiger partial charge in [-0.15, -0.1) is 0 Å². The molecule has 1 aliphatic rings. The van der Waals surface area contributed by atoms with Crippen molar-refractivity contribution in [3.8, 4) is 5.75 Å². The molecule has 26 heavy (non-hydrogen) atoms. The van der Waals surface area contributed by atoms with Crippen LogP contribution in [0, 0.1) is 5.92 Å². The standard InChI is InChI=1S/C20H23N5O/c1-24-11-16(9-23-24)12-25-13-17(15-26-18-5-4-7-21-10-18)19(14-25)20-6-2-3-8-22-20/h2-11,17,19H,12-15H2,1H3/t17-,19+/m0/s1. The lowest BCUT2D eigenvalue weighted by Crippen LogP contribution is -2.22. The minimum atomic E-state index is 0.365. The predicted molar refractivity (Wildman–Crippen MR) is 98.7 cm³/mol. The van der Waals surface area contributed by atoms with Crippen LogP contribution in [0.4, 0.5) is 0 Å². The second-order valence-corrected chi connectivity index (χ2v) is 6.84. The third kappa shape index (κ3) is 3.91. The average Bonchev–Trinajstić information content (AvgIpc) is 3.28. The third-order valence-corrected chi connectivity index (χ3v) is 4.85. The van der Waals surface area contributed by atoms with Crippen LogP contribution in [0.25, 0.3) is 0 Å². The minimum absolute atomic E-state index is 0.365. The molecule has 1 fully saturated rings. The zero-order valence-corrected chi connectivity index (χ0v) is 14.9. The van der Waals surface area contributed by atoms with Crippen LogP contribution in [0.3, 0.4) is 0 Å². The third-order valence-electron chi connectivity index (χ3n) is 4.85. The first-order chi connectivity index (χ1) is 12.8. The van der Waals surface area contributed by atoms with Gasteiger partial charge in [0.05, 0.1) is 19.0 Å². The predicted octanol–water partition coefficient (Wildman–Crippen LogP) is 2.50. The normalized spacial score (nSPS) is 20.3. The molecule has 134 valence electrons. The summed E-state index contributed by atoms with van der Waals surface area (Å²) < 4.78 is 7.86. The van der Waals surface area contributed by atoms with Crippen LogP contribution in [0.1, 0.15) is 17.2 Å². The Morgan fingerprint density at radius 2 is 2.08 bits per heavy atom. The first-order valence-electron chi connectivity index (χ1n) is 8.91. The van der Waals surface area contributed by atoms with Crippen molar-refractivity contribution in [2.75, 3.05) is 19.7 Å². The van der Waals surface area contributed by atoms with Crippen molar-refractivity contribution in [3.63, 3.8) is 0 Å². The van der Waals surface area contributed by atoms with Gasteiger partial charge in [-0.25, -0.2) is 0 Å². The van der Waals surface area contributed by atoms with Crippen LogP contribution in [0.2, 0.25) is 0 Å². The molecule has 0 N–H and O–H groups in total. The fourth-order valence-corrected chi connectivity index (χ4v) is 3.64. The van der Waals surface area contributed by atoms with Crippen LogP contribution in [-0.2, 0) is 13.6 Å². The van der Waals surface area contributed by atoms with Gasteiger partial charge in [0, 0.05) is 68.4 Å².